The standard InChI is InChI=1S/C14H12N2/c1-4-8-13-10(5-1)9-14-11-6-2-3-7-12(11)15-16(13)14/h1-5,7-9,13,15H,6H2. The molecule has 78 valence electrons. The second-order valence-corrected chi connectivity index (χ2v) is 4.39. The quantitative estimate of drug-likeness (QED) is 0.657. The zero-order valence-electron chi connectivity index (χ0n) is 8.85. The van der Waals surface area contributed by atoms with Crippen LogP contribution in [-0.2, 0) is 0 Å². The third-order valence-corrected chi connectivity index (χ3v) is 3.47. The zero-order valence-corrected chi connectivity index (χ0v) is 8.85. The van der Waals surface area contributed by atoms with Crippen molar-refractivity contribution in [2.75, 3.05) is 0 Å². The Bertz CT molecular complexity index is 541. The van der Waals surface area contributed by atoms with Gasteiger partial charge in [-0.3, -0.25) is 10.4 Å². The van der Waals surface area contributed by atoms with Gasteiger partial charge in [-0.15, -0.1) is 0 Å². The van der Waals surface area contributed by atoms with Crippen molar-refractivity contribution in [3.63, 3.8) is 0 Å². The molecule has 2 nitrogen and oxygen atoms in total. The Kier molecular flexibility index (Phi) is 1.43. The molecule has 4 aliphatic rings. The van der Waals surface area contributed by atoms with Crippen LogP contribution < -0.4 is 5.43 Å². The maximum Gasteiger partial charge on any atom is 0.0938 e. The summed E-state index contributed by atoms with van der Waals surface area (Å²) in [6, 6.07) is 0.374. The van der Waals surface area contributed by atoms with Crippen molar-refractivity contribution < 1.29 is 0 Å². The summed E-state index contributed by atoms with van der Waals surface area (Å²) in [5, 5.41) is 2.27. The molecular formula is C14H12N2. The number of allylic oxidation sites excluding steroid dienone is 7. The fraction of sp³-hybridized carbons (Fsp3) is 0.143. The van der Waals surface area contributed by atoms with Crippen LogP contribution in [-0.4, -0.2) is 11.1 Å². The Balaban J connectivity index is 1.87. The Labute approximate surface area is 94.6 Å². The molecule has 2 heteroatoms. The van der Waals surface area contributed by atoms with E-state index < -0.39 is 0 Å². The Morgan fingerprint density at radius 1 is 1.25 bits per heavy atom. The Morgan fingerprint density at radius 3 is 3.25 bits per heavy atom. The molecule has 0 aromatic rings. The molecule has 0 saturated carbocycles. The lowest BCUT2D eigenvalue weighted by atomic mass is 10.0. The summed E-state index contributed by atoms with van der Waals surface area (Å²) in [6.07, 6.45) is 18.5. The summed E-state index contributed by atoms with van der Waals surface area (Å²) in [5.41, 5.74) is 8.89. The van der Waals surface area contributed by atoms with Crippen molar-refractivity contribution in [2.45, 2.75) is 12.5 Å². The van der Waals surface area contributed by atoms with Gasteiger partial charge in [-0.05, 0) is 24.1 Å². The molecule has 0 radical (unpaired) electrons. The molecule has 0 amide bonds. The lowest BCUT2D eigenvalue weighted by Gasteiger charge is -2.25. The highest BCUT2D eigenvalue weighted by atomic mass is 15.6. The van der Waals surface area contributed by atoms with E-state index in [1.807, 2.05) is 0 Å². The molecule has 0 saturated heterocycles. The van der Waals surface area contributed by atoms with Crippen LogP contribution in [0.15, 0.2) is 71.1 Å². The number of hydrogen-bond acceptors (Lipinski definition) is 2. The van der Waals surface area contributed by atoms with Crippen molar-refractivity contribution in [3.8, 4) is 0 Å². The molecule has 0 aromatic carbocycles. The Hall–Kier alpha value is -1.96. The normalized spacial score (nSPS) is 28.5. The first kappa shape index (κ1) is 8.22. The number of hydrogen-bond donors (Lipinski definition) is 1. The second kappa shape index (κ2) is 2.79. The van der Waals surface area contributed by atoms with Crippen molar-refractivity contribution in [1.82, 2.24) is 10.4 Å². The predicted octanol–water partition coefficient (Wildman–Crippen LogP) is 2.34. The van der Waals surface area contributed by atoms with Gasteiger partial charge in [0.2, 0.25) is 0 Å². The van der Waals surface area contributed by atoms with E-state index in [9.17, 15) is 0 Å². The average molecular weight is 208 g/mol. The summed E-state index contributed by atoms with van der Waals surface area (Å²) in [6.45, 7) is 0. The molecule has 1 N–H and O–H groups in total. The van der Waals surface area contributed by atoms with E-state index in [0.29, 0.717) is 6.04 Å². The highest BCUT2D eigenvalue weighted by molar-refractivity contribution is 5.56. The molecule has 2 aliphatic heterocycles. The smallest absolute Gasteiger partial charge is 0.0938 e. The number of nitrogens with one attached hydrogen (secondary N) is 1. The van der Waals surface area contributed by atoms with Crippen molar-refractivity contribution >= 4 is 0 Å². The molecule has 1 unspecified atom stereocenters. The van der Waals surface area contributed by atoms with Crippen LogP contribution in [0.5, 0.6) is 0 Å². The van der Waals surface area contributed by atoms with E-state index in [-0.39, 0.29) is 0 Å². The average Bonchev–Trinajstić information content (AvgIpc) is 2.85. The van der Waals surface area contributed by atoms with Gasteiger partial charge in [0.15, 0.2) is 0 Å². The third kappa shape index (κ3) is 0.915. The zero-order chi connectivity index (χ0) is 10.5. The van der Waals surface area contributed by atoms with Crippen LogP contribution in [0.3, 0.4) is 0 Å². The number of rotatable bonds is 0. The second-order valence-electron chi connectivity index (χ2n) is 4.39. The minimum absolute atomic E-state index is 0.374. The van der Waals surface area contributed by atoms with E-state index >= 15 is 0 Å². The largest absolute Gasteiger partial charge is 0.297 e. The van der Waals surface area contributed by atoms with Crippen molar-refractivity contribution in [3.05, 3.63) is 71.1 Å². The van der Waals surface area contributed by atoms with E-state index in [4.69, 9.17) is 0 Å². The van der Waals surface area contributed by atoms with Crippen LogP contribution in [0.2, 0.25) is 0 Å². The molecule has 4 rings (SSSR count). The summed E-state index contributed by atoms with van der Waals surface area (Å²) in [5.74, 6) is 0. The molecule has 0 spiro atoms. The lowest BCUT2D eigenvalue weighted by molar-refractivity contribution is 0.300. The van der Waals surface area contributed by atoms with Gasteiger partial charge < -0.3 is 0 Å². The minimum Gasteiger partial charge on any atom is -0.297 e. The highest BCUT2D eigenvalue weighted by Crippen LogP contribution is 2.39. The number of nitrogens with zero attached hydrogens (tertiary/aromatic N) is 1. The van der Waals surface area contributed by atoms with Crippen molar-refractivity contribution in [2.24, 2.45) is 0 Å². The summed E-state index contributed by atoms with van der Waals surface area (Å²) >= 11 is 0. The first-order valence-electron chi connectivity index (χ1n) is 5.66. The van der Waals surface area contributed by atoms with Gasteiger partial charge in [0, 0.05) is 5.57 Å². The predicted molar refractivity (Wildman–Crippen MR) is 64.0 cm³/mol. The molecular weight excluding hydrogens is 196 g/mol. The van der Waals surface area contributed by atoms with Gasteiger partial charge in [0.25, 0.3) is 0 Å². The van der Waals surface area contributed by atoms with Gasteiger partial charge in [-0.25, -0.2) is 0 Å². The van der Waals surface area contributed by atoms with Gasteiger partial charge >= 0.3 is 0 Å². The van der Waals surface area contributed by atoms with Gasteiger partial charge in [-0.2, -0.15) is 0 Å². The van der Waals surface area contributed by atoms with E-state index in [0.717, 1.165) is 6.42 Å². The fourth-order valence-corrected chi connectivity index (χ4v) is 2.69. The topological polar surface area (TPSA) is 15.3 Å². The number of hydrazine groups is 1. The molecule has 16 heavy (non-hydrogen) atoms. The van der Waals surface area contributed by atoms with E-state index in [1.54, 1.807) is 0 Å². The van der Waals surface area contributed by atoms with Crippen LogP contribution in [0.25, 0.3) is 0 Å². The molecule has 1 atom stereocenters. The summed E-state index contributed by atoms with van der Waals surface area (Å²) in [4.78, 5) is 0. The van der Waals surface area contributed by atoms with Crippen LogP contribution in [0.1, 0.15) is 6.42 Å². The van der Waals surface area contributed by atoms with E-state index in [1.165, 1.54) is 22.5 Å². The van der Waals surface area contributed by atoms with Crippen LogP contribution >= 0.6 is 0 Å². The van der Waals surface area contributed by atoms with Crippen LogP contribution in [0.4, 0.5) is 0 Å². The molecule has 0 bridgehead atoms. The van der Waals surface area contributed by atoms with Crippen LogP contribution in [0, 0.1) is 0 Å². The fourth-order valence-electron chi connectivity index (χ4n) is 2.69. The van der Waals surface area contributed by atoms with Gasteiger partial charge in [0.05, 0.1) is 17.4 Å². The maximum atomic E-state index is 3.49. The summed E-state index contributed by atoms with van der Waals surface area (Å²) in [7, 11) is 0. The highest BCUT2D eigenvalue weighted by Gasteiger charge is 2.35. The molecule has 0 aromatic heterocycles. The minimum atomic E-state index is 0.374. The number of fused-ring (bicyclic) bond motifs is 4. The lowest BCUT2D eigenvalue weighted by Crippen LogP contribution is -2.36. The molecule has 2 aliphatic carbocycles. The third-order valence-electron chi connectivity index (χ3n) is 3.47. The SMILES string of the molecule is C1=CCC2=C3C=C4C=CC=CC4N3NC2=C1. The first-order valence-corrected chi connectivity index (χ1v) is 5.66. The monoisotopic (exact) mass is 208 g/mol. The summed E-state index contributed by atoms with van der Waals surface area (Å²) < 4.78 is 0. The molecule has 2 heterocycles. The van der Waals surface area contributed by atoms with Gasteiger partial charge in [-0.1, -0.05) is 36.5 Å². The Morgan fingerprint density at radius 2 is 2.25 bits per heavy atom. The first-order chi connectivity index (χ1) is 7.93. The van der Waals surface area contributed by atoms with Gasteiger partial charge in [0.1, 0.15) is 0 Å². The molecule has 0 fully saturated rings. The van der Waals surface area contributed by atoms with Crippen molar-refractivity contribution in [1.29, 1.82) is 0 Å². The maximum absolute atomic E-state index is 3.49. The van der Waals surface area contributed by atoms with E-state index in [2.05, 4.69) is 59.0 Å².